The molecule has 0 spiro atoms. The monoisotopic (exact) mass is 303 g/mol. The van der Waals surface area contributed by atoms with Crippen LogP contribution in [0.5, 0.6) is 0 Å². The summed E-state index contributed by atoms with van der Waals surface area (Å²) in [4.78, 5) is 14.2. The third-order valence-corrected chi connectivity index (χ3v) is 3.59. The zero-order chi connectivity index (χ0) is 15.5. The molecule has 0 unspecified atom stereocenters. The van der Waals surface area contributed by atoms with Crippen LogP contribution in [0.15, 0.2) is 24.5 Å². The quantitative estimate of drug-likeness (QED) is 0.831. The zero-order valence-electron chi connectivity index (χ0n) is 12.6. The molecule has 3 heterocycles. The molecule has 116 valence electrons. The van der Waals surface area contributed by atoms with Gasteiger partial charge in [0.15, 0.2) is 17.5 Å². The van der Waals surface area contributed by atoms with Crippen LogP contribution >= 0.6 is 0 Å². The first-order chi connectivity index (χ1) is 10.6. The normalized spacial score (nSPS) is 15.0. The van der Waals surface area contributed by atoms with Crippen molar-refractivity contribution in [2.45, 2.75) is 0 Å². The van der Waals surface area contributed by atoms with E-state index in [0.29, 0.717) is 5.95 Å². The van der Waals surface area contributed by atoms with Crippen molar-refractivity contribution >= 4 is 17.6 Å². The van der Waals surface area contributed by atoms with Gasteiger partial charge >= 0.3 is 0 Å². The van der Waals surface area contributed by atoms with Crippen LogP contribution in [0.25, 0.3) is 0 Å². The van der Waals surface area contributed by atoms with Gasteiger partial charge in [-0.3, -0.25) is 0 Å². The summed E-state index contributed by atoms with van der Waals surface area (Å²) in [7, 11) is 3.87. The van der Waals surface area contributed by atoms with E-state index >= 15 is 0 Å². The Bertz CT molecular complexity index is 606. The van der Waals surface area contributed by atoms with E-state index in [1.165, 1.54) is 12.4 Å². The molecule has 0 amide bonds. The van der Waals surface area contributed by atoms with Crippen molar-refractivity contribution in [3.63, 3.8) is 0 Å². The third-order valence-electron chi connectivity index (χ3n) is 3.59. The standard InChI is InChI=1S/C14H18FN7/c1-20(2)12-3-4-13(19-18-12)21-5-7-22(8-6-21)14-16-9-11(15)10-17-14/h3-4,9-10H,5-8H2,1-2H3. The van der Waals surface area contributed by atoms with Crippen molar-refractivity contribution in [2.75, 3.05) is 55.0 Å². The minimum Gasteiger partial charge on any atom is -0.361 e. The van der Waals surface area contributed by atoms with Crippen LogP contribution in [0.3, 0.4) is 0 Å². The molecule has 1 saturated heterocycles. The summed E-state index contributed by atoms with van der Waals surface area (Å²) in [6.07, 6.45) is 2.39. The van der Waals surface area contributed by atoms with Crippen molar-refractivity contribution < 1.29 is 4.39 Å². The third kappa shape index (κ3) is 3.05. The second-order valence-corrected chi connectivity index (χ2v) is 5.32. The molecular weight excluding hydrogens is 285 g/mol. The summed E-state index contributed by atoms with van der Waals surface area (Å²) in [5, 5.41) is 8.46. The average Bonchev–Trinajstić information content (AvgIpc) is 2.56. The minimum absolute atomic E-state index is 0.418. The van der Waals surface area contributed by atoms with E-state index in [1.807, 2.05) is 36.0 Å². The van der Waals surface area contributed by atoms with Gasteiger partial charge in [-0.2, -0.15) is 0 Å². The van der Waals surface area contributed by atoms with Gasteiger partial charge in [-0.05, 0) is 12.1 Å². The van der Waals surface area contributed by atoms with E-state index in [-0.39, 0.29) is 0 Å². The van der Waals surface area contributed by atoms with E-state index in [4.69, 9.17) is 0 Å². The number of hydrogen-bond donors (Lipinski definition) is 0. The van der Waals surface area contributed by atoms with Crippen LogP contribution in [0.1, 0.15) is 0 Å². The second kappa shape index (κ2) is 6.08. The lowest BCUT2D eigenvalue weighted by atomic mass is 10.3. The van der Waals surface area contributed by atoms with Crippen LogP contribution in [0, 0.1) is 5.82 Å². The van der Waals surface area contributed by atoms with Gasteiger partial charge in [0, 0.05) is 40.3 Å². The maximum Gasteiger partial charge on any atom is 0.225 e. The molecule has 2 aromatic rings. The molecule has 3 rings (SSSR count). The number of halogens is 1. The Balaban J connectivity index is 1.62. The Morgan fingerprint density at radius 3 is 2.14 bits per heavy atom. The van der Waals surface area contributed by atoms with Gasteiger partial charge in [0.2, 0.25) is 5.95 Å². The number of rotatable bonds is 3. The first-order valence-electron chi connectivity index (χ1n) is 7.12. The van der Waals surface area contributed by atoms with Gasteiger partial charge in [0.25, 0.3) is 0 Å². The number of piperazine rings is 1. The van der Waals surface area contributed by atoms with Gasteiger partial charge in [0.1, 0.15) is 0 Å². The molecule has 0 radical (unpaired) electrons. The van der Waals surface area contributed by atoms with Crippen molar-refractivity contribution in [2.24, 2.45) is 0 Å². The highest BCUT2D eigenvalue weighted by atomic mass is 19.1. The first kappa shape index (κ1) is 14.4. The molecule has 0 atom stereocenters. The van der Waals surface area contributed by atoms with E-state index in [2.05, 4.69) is 25.1 Å². The van der Waals surface area contributed by atoms with Gasteiger partial charge in [-0.15, -0.1) is 10.2 Å². The fourth-order valence-corrected chi connectivity index (χ4v) is 2.33. The fraction of sp³-hybridized carbons (Fsp3) is 0.429. The Morgan fingerprint density at radius 1 is 0.955 bits per heavy atom. The Hall–Kier alpha value is -2.51. The molecule has 0 N–H and O–H groups in total. The number of anilines is 3. The topological polar surface area (TPSA) is 61.3 Å². The number of aromatic nitrogens is 4. The highest BCUT2D eigenvalue weighted by Crippen LogP contribution is 2.17. The molecule has 1 aliphatic heterocycles. The lowest BCUT2D eigenvalue weighted by Gasteiger charge is -2.35. The van der Waals surface area contributed by atoms with Crippen molar-refractivity contribution in [3.05, 3.63) is 30.3 Å². The Kier molecular flexibility index (Phi) is 3.99. The summed E-state index contributed by atoms with van der Waals surface area (Å²) in [6, 6.07) is 3.93. The maximum absolute atomic E-state index is 12.9. The lowest BCUT2D eigenvalue weighted by Crippen LogP contribution is -2.47. The Labute approximate surface area is 128 Å². The first-order valence-corrected chi connectivity index (χ1v) is 7.12. The van der Waals surface area contributed by atoms with Crippen LogP contribution in [0.4, 0.5) is 22.0 Å². The van der Waals surface area contributed by atoms with Gasteiger partial charge < -0.3 is 14.7 Å². The van der Waals surface area contributed by atoms with Crippen molar-refractivity contribution in [3.8, 4) is 0 Å². The summed E-state index contributed by atoms with van der Waals surface area (Å²) in [5.41, 5.74) is 0. The number of hydrogen-bond acceptors (Lipinski definition) is 7. The highest BCUT2D eigenvalue weighted by Gasteiger charge is 2.20. The smallest absolute Gasteiger partial charge is 0.225 e. The predicted molar refractivity (Wildman–Crippen MR) is 82.8 cm³/mol. The zero-order valence-corrected chi connectivity index (χ0v) is 12.6. The van der Waals surface area contributed by atoms with Gasteiger partial charge in [0.05, 0.1) is 12.4 Å². The molecule has 1 aliphatic rings. The Morgan fingerprint density at radius 2 is 1.59 bits per heavy atom. The summed E-state index contributed by atoms with van der Waals surface area (Å²) in [5.74, 6) is 1.85. The van der Waals surface area contributed by atoms with E-state index in [9.17, 15) is 4.39 Å². The van der Waals surface area contributed by atoms with Crippen LogP contribution in [0.2, 0.25) is 0 Å². The van der Waals surface area contributed by atoms with Gasteiger partial charge in [-0.1, -0.05) is 0 Å². The molecule has 0 saturated carbocycles. The summed E-state index contributed by atoms with van der Waals surface area (Å²) >= 11 is 0. The largest absolute Gasteiger partial charge is 0.361 e. The van der Waals surface area contributed by atoms with Gasteiger partial charge in [-0.25, -0.2) is 14.4 Å². The second-order valence-electron chi connectivity index (χ2n) is 5.32. The molecule has 0 aliphatic carbocycles. The molecule has 0 aromatic carbocycles. The summed E-state index contributed by atoms with van der Waals surface area (Å²) < 4.78 is 12.9. The SMILES string of the molecule is CN(C)c1ccc(N2CCN(c3ncc(F)cn3)CC2)nn1. The maximum atomic E-state index is 12.9. The fourth-order valence-electron chi connectivity index (χ4n) is 2.33. The molecule has 22 heavy (non-hydrogen) atoms. The number of nitrogens with zero attached hydrogens (tertiary/aromatic N) is 7. The van der Waals surface area contributed by atoms with Crippen LogP contribution in [-0.4, -0.2) is 60.4 Å². The molecular formula is C14H18FN7. The molecule has 0 bridgehead atoms. The minimum atomic E-state index is -0.418. The van der Waals surface area contributed by atoms with Crippen molar-refractivity contribution in [1.29, 1.82) is 0 Å². The van der Waals surface area contributed by atoms with E-state index in [1.54, 1.807) is 0 Å². The van der Waals surface area contributed by atoms with Crippen LogP contribution < -0.4 is 14.7 Å². The molecule has 8 heteroatoms. The molecule has 2 aromatic heterocycles. The predicted octanol–water partition coefficient (Wildman–Crippen LogP) is 0.798. The molecule has 1 fully saturated rings. The highest BCUT2D eigenvalue weighted by molar-refractivity contribution is 5.46. The van der Waals surface area contributed by atoms with E-state index in [0.717, 1.165) is 37.8 Å². The van der Waals surface area contributed by atoms with Crippen molar-refractivity contribution in [1.82, 2.24) is 20.2 Å². The molecule has 7 nitrogen and oxygen atoms in total. The lowest BCUT2D eigenvalue weighted by molar-refractivity contribution is 0.601. The summed E-state index contributed by atoms with van der Waals surface area (Å²) in [6.45, 7) is 3.14. The van der Waals surface area contributed by atoms with E-state index < -0.39 is 5.82 Å². The van der Waals surface area contributed by atoms with Crippen LogP contribution in [-0.2, 0) is 0 Å². The average molecular weight is 303 g/mol.